The Morgan fingerprint density at radius 2 is 1.75 bits per heavy atom. The summed E-state index contributed by atoms with van der Waals surface area (Å²) in [6.45, 7) is 0. The number of thiocarbonyl (C=S) groups is 1. The molecule has 0 aromatic heterocycles. The minimum atomic E-state index is -3.77. The zero-order valence-electron chi connectivity index (χ0n) is 13.1. The average molecular weight is 367 g/mol. The summed E-state index contributed by atoms with van der Waals surface area (Å²) in [5, 5.41) is 2.83. The van der Waals surface area contributed by atoms with Crippen LogP contribution in [0.3, 0.4) is 0 Å². The number of methoxy groups -OCH3 is 2. The van der Waals surface area contributed by atoms with Crippen molar-refractivity contribution in [3.05, 3.63) is 42.5 Å². The molecule has 24 heavy (non-hydrogen) atoms. The van der Waals surface area contributed by atoms with Crippen LogP contribution < -0.4 is 25.2 Å². The third-order valence-electron chi connectivity index (χ3n) is 3.09. The summed E-state index contributed by atoms with van der Waals surface area (Å²) in [4.78, 5) is 0.0915. The molecule has 0 aliphatic rings. The van der Waals surface area contributed by atoms with Gasteiger partial charge in [-0.1, -0.05) is 0 Å². The van der Waals surface area contributed by atoms with Crippen molar-refractivity contribution in [3.63, 3.8) is 0 Å². The topological polar surface area (TPSA) is 103 Å². The van der Waals surface area contributed by atoms with Crippen LogP contribution in [0, 0.1) is 0 Å². The smallest absolute Gasteiger partial charge is 0.262 e. The van der Waals surface area contributed by atoms with Crippen molar-refractivity contribution >= 4 is 38.7 Å². The standard InChI is InChI=1S/C15H17N3O4S2/c1-21-11-5-8-13(14(9-11)22-2)18-24(19,20)12-6-3-10(4-7-12)17-15(16)23/h3-9,18H,1-2H3,(H3,16,17,23). The maximum atomic E-state index is 12.5. The Hall–Kier alpha value is -2.52. The summed E-state index contributed by atoms with van der Waals surface area (Å²) >= 11 is 4.73. The van der Waals surface area contributed by atoms with Gasteiger partial charge in [-0.15, -0.1) is 0 Å². The van der Waals surface area contributed by atoms with Crippen LogP contribution in [-0.4, -0.2) is 27.7 Å². The Balaban J connectivity index is 2.26. The summed E-state index contributed by atoms with van der Waals surface area (Å²) in [6.07, 6.45) is 0. The molecule has 9 heteroatoms. The zero-order chi connectivity index (χ0) is 17.7. The Labute approximate surface area is 145 Å². The highest BCUT2D eigenvalue weighted by Crippen LogP contribution is 2.31. The molecule has 0 amide bonds. The van der Waals surface area contributed by atoms with E-state index in [1.807, 2.05) is 0 Å². The molecule has 0 spiro atoms. The minimum Gasteiger partial charge on any atom is -0.497 e. The Morgan fingerprint density at radius 3 is 2.29 bits per heavy atom. The van der Waals surface area contributed by atoms with Gasteiger partial charge in [-0.2, -0.15) is 0 Å². The van der Waals surface area contributed by atoms with Gasteiger partial charge in [0.2, 0.25) is 0 Å². The minimum absolute atomic E-state index is 0.0915. The highest BCUT2D eigenvalue weighted by Gasteiger charge is 2.17. The number of anilines is 2. The summed E-state index contributed by atoms with van der Waals surface area (Å²) in [5.41, 5.74) is 6.28. The van der Waals surface area contributed by atoms with Gasteiger partial charge in [0.05, 0.1) is 24.8 Å². The number of hydrogen-bond donors (Lipinski definition) is 3. The van der Waals surface area contributed by atoms with Crippen LogP contribution in [0.5, 0.6) is 11.5 Å². The molecule has 128 valence electrons. The fraction of sp³-hybridized carbons (Fsp3) is 0.133. The molecule has 0 aliphatic heterocycles. The normalized spacial score (nSPS) is 10.8. The summed E-state index contributed by atoms with van der Waals surface area (Å²) < 4.78 is 37.7. The molecule has 0 aliphatic carbocycles. The van der Waals surface area contributed by atoms with Gasteiger partial charge in [0.15, 0.2) is 5.11 Å². The van der Waals surface area contributed by atoms with Gasteiger partial charge in [-0.25, -0.2) is 8.42 Å². The van der Waals surface area contributed by atoms with Crippen molar-refractivity contribution in [3.8, 4) is 11.5 Å². The van der Waals surface area contributed by atoms with Crippen molar-refractivity contribution in [2.24, 2.45) is 5.73 Å². The molecule has 0 atom stereocenters. The molecule has 7 nitrogen and oxygen atoms in total. The molecule has 0 saturated heterocycles. The van der Waals surface area contributed by atoms with Crippen LogP contribution in [0.2, 0.25) is 0 Å². The van der Waals surface area contributed by atoms with Gasteiger partial charge in [0, 0.05) is 11.8 Å². The van der Waals surface area contributed by atoms with Crippen LogP contribution in [0.1, 0.15) is 0 Å². The SMILES string of the molecule is COc1ccc(NS(=O)(=O)c2ccc(NC(N)=S)cc2)c(OC)c1. The second kappa shape index (κ2) is 7.37. The van der Waals surface area contributed by atoms with E-state index in [0.717, 1.165) is 0 Å². The number of benzene rings is 2. The van der Waals surface area contributed by atoms with E-state index in [4.69, 9.17) is 27.4 Å². The quantitative estimate of drug-likeness (QED) is 0.672. The number of sulfonamides is 1. The molecule has 2 rings (SSSR count). The maximum Gasteiger partial charge on any atom is 0.262 e. The lowest BCUT2D eigenvalue weighted by atomic mass is 10.3. The average Bonchev–Trinajstić information content (AvgIpc) is 2.55. The van der Waals surface area contributed by atoms with Crippen LogP contribution >= 0.6 is 12.2 Å². The van der Waals surface area contributed by atoms with Crippen molar-refractivity contribution in [2.45, 2.75) is 4.90 Å². The van der Waals surface area contributed by atoms with E-state index in [-0.39, 0.29) is 10.0 Å². The van der Waals surface area contributed by atoms with Crippen molar-refractivity contribution < 1.29 is 17.9 Å². The fourth-order valence-electron chi connectivity index (χ4n) is 1.95. The maximum absolute atomic E-state index is 12.5. The number of rotatable bonds is 6. The summed E-state index contributed by atoms with van der Waals surface area (Å²) in [5.74, 6) is 0.910. The van der Waals surface area contributed by atoms with Crippen molar-refractivity contribution in [1.29, 1.82) is 0 Å². The lowest BCUT2D eigenvalue weighted by Crippen LogP contribution is -2.19. The molecular formula is C15H17N3O4S2. The van der Waals surface area contributed by atoms with E-state index in [1.165, 1.54) is 26.4 Å². The highest BCUT2D eigenvalue weighted by molar-refractivity contribution is 7.92. The number of nitrogens with one attached hydrogen (secondary N) is 2. The first kappa shape index (κ1) is 17.8. The second-order valence-corrected chi connectivity index (χ2v) is 6.81. The lowest BCUT2D eigenvalue weighted by molar-refractivity contribution is 0.395. The van der Waals surface area contributed by atoms with E-state index in [2.05, 4.69) is 10.0 Å². The first-order valence-electron chi connectivity index (χ1n) is 6.77. The van der Waals surface area contributed by atoms with E-state index in [9.17, 15) is 8.42 Å². The Kier molecular flexibility index (Phi) is 5.47. The van der Waals surface area contributed by atoms with Gasteiger partial charge in [-0.3, -0.25) is 4.72 Å². The zero-order valence-corrected chi connectivity index (χ0v) is 14.7. The van der Waals surface area contributed by atoms with E-state index in [0.29, 0.717) is 22.9 Å². The molecular weight excluding hydrogens is 350 g/mol. The first-order chi connectivity index (χ1) is 11.4. The molecule has 0 bridgehead atoms. The van der Waals surface area contributed by atoms with Crippen LogP contribution in [0.25, 0.3) is 0 Å². The van der Waals surface area contributed by atoms with Gasteiger partial charge < -0.3 is 20.5 Å². The lowest BCUT2D eigenvalue weighted by Gasteiger charge is -2.13. The van der Waals surface area contributed by atoms with Gasteiger partial charge in [-0.05, 0) is 48.6 Å². The predicted octanol–water partition coefficient (Wildman–Crippen LogP) is 2.16. The van der Waals surface area contributed by atoms with E-state index >= 15 is 0 Å². The van der Waals surface area contributed by atoms with Gasteiger partial charge in [0.25, 0.3) is 10.0 Å². The molecule has 0 radical (unpaired) electrons. The third kappa shape index (κ3) is 4.27. The number of ether oxygens (including phenoxy) is 2. The third-order valence-corrected chi connectivity index (χ3v) is 4.57. The van der Waals surface area contributed by atoms with E-state index < -0.39 is 10.0 Å². The molecule has 4 N–H and O–H groups in total. The largest absolute Gasteiger partial charge is 0.497 e. The predicted molar refractivity (Wildman–Crippen MR) is 97.2 cm³/mol. The Morgan fingerprint density at radius 1 is 1.08 bits per heavy atom. The Bertz CT molecular complexity index is 836. The molecule has 2 aromatic carbocycles. The molecule has 0 fully saturated rings. The van der Waals surface area contributed by atoms with Crippen molar-refractivity contribution in [2.75, 3.05) is 24.3 Å². The summed E-state index contributed by atoms with van der Waals surface area (Å²) in [6, 6.07) is 10.8. The van der Waals surface area contributed by atoms with Crippen LogP contribution in [-0.2, 0) is 10.0 Å². The second-order valence-electron chi connectivity index (χ2n) is 4.69. The highest BCUT2D eigenvalue weighted by atomic mass is 32.2. The summed E-state index contributed by atoms with van der Waals surface area (Å²) in [7, 11) is -0.811. The molecule has 0 saturated carbocycles. The van der Waals surface area contributed by atoms with Gasteiger partial charge >= 0.3 is 0 Å². The fourth-order valence-corrected chi connectivity index (χ4v) is 3.13. The number of nitrogens with two attached hydrogens (primary N) is 1. The first-order valence-corrected chi connectivity index (χ1v) is 8.66. The van der Waals surface area contributed by atoms with Crippen LogP contribution in [0.4, 0.5) is 11.4 Å². The molecule has 2 aromatic rings. The number of hydrogen-bond acceptors (Lipinski definition) is 5. The monoisotopic (exact) mass is 367 g/mol. The molecule has 0 heterocycles. The molecule has 0 unspecified atom stereocenters. The van der Waals surface area contributed by atoms with E-state index in [1.54, 1.807) is 30.3 Å². The van der Waals surface area contributed by atoms with Crippen LogP contribution in [0.15, 0.2) is 47.4 Å². The van der Waals surface area contributed by atoms with Gasteiger partial charge in [0.1, 0.15) is 11.5 Å². The van der Waals surface area contributed by atoms with Crippen molar-refractivity contribution in [1.82, 2.24) is 0 Å².